The number of hydrogen-bond acceptors (Lipinski definition) is 1. The van der Waals surface area contributed by atoms with Crippen molar-refractivity contribution in [2.45, 2.75) is 44.7 Å². The molecule has 0 radical (unpaired) electrons. The van der Waals surface area contributed by atoms with Crippen molar-refractivity contribution < 1.29 is 13.2 Å². The summed E-state index contributed by atoms with van der Waals surface area (Å²) in [6, 6.07) is 5.45. The highest BCUT2D eigenvalue weighted by Gasteiger charge is 2.43. The Morgan fingerprint density at radius 2 is 1.04 bits per heavy atom. The average molecular weight is 400 g/mol. The van der Waals surface area contributed by atoms with Crippen molar-refractivity contribution in [3.8, 4) is 0 Å². The summed E-state index contributed by atoms with van der Waals surface area (Å²) >= 11 is 0. The van der Waals surface area contributed by atoms with E-state index >= 15 is 0 Å². The summed E-state index contributed by atoms with van der Waals surface area (Å²) in [5.41, 5.74) is 0.0796. The zero-order valence-corrected chi connectivity index (χ0v) is 16.6. The number of rotatable bonds is 4. The van der Waals surface area contributed by atoms with Crippen LogP contribution in [0.5, 0.6) is 0 Å². The van der Waals surface area contributed by atoms with Crippen LogP contribution in [-0.2, 0) is 6.18 Å². The Morgan fingerprint density at radius 3 is 1.37 bits per heavy atom. The van der Waals surface area contributed by atoms with Crippen LogP contribution in [0.2, 0.25) is 0 Å². The van der Waals surface area contributed by atoms with Crippen LogP contribution in [0.4, 0.5) is 18.9 Å². The summed E-state index contributed by atoms with van der Waals surface area (Å²) in [6.07, 6.45) is 2.82. The topological polar surface area (TPSA) is 22.1 Å². The lowest BCUT2D eigenvalue weighted by molar-refractivity contribution is -0.137. The molecule has 8 heteroatoms. The van der Waals surface area contributed by atoms with Crippen molar-refractivity contribution in [1.29, 1.82) is 0 Å². The highest BCUT2D eigenvalue weighted by atomic mass is 31.2. The summed E-state index contributed by atoms with van der Waals surface area (Å²) in [7, 11) is -2.07. The molecule has 0 aliphatic carbocycles. The first kappa shape index (κ1) is 19.4. The highest BCUT2D eigenvalue weighted by Crippen LogP contribution is 2.64. The number of hydrogen-bond donors (Lipinski definition) is 0. The fourth-order valence-corrected chi connectivity index (χ4v) is 8.86. The van der Waals surface area contributed by atoms with Crippen LogP contribution in [0.25, 0.3) is 0 Å². The minimum Gasteiger partial charge on any atom is -0.246 e. The monoisotopic (exact) mass is 400 g/mol. The van der Waals surface area contributed by atoms with Crippen LogP contribution >= 0.6 is 7.51 Å². The lowest BCUT2D eigenvalue weighted by Crippen LogP contribution is -2.38. The van der Waals surface area contributed by atoms with E-state index in [-0.39, 0.29) is 0 Å². The van der Waals surface area contributed by atoms with Crippen LogP contribution < -0.4 is 0 Å². The van der Waals surface area contributed by atoms with Gasteiger partial charge in [0, 0.05) is 39.3 Å². The SMILES string of the molecule is FC(F)(F)c1ccc(N=P(N2CCCC2)(N2CCCC2)N2CCCC2)cc1. The van der Waals surface area contributed by atoms with Crippen LogP contribution in [0.15, 0.2) is 29.0 Å². The Balaban J connectivity index is 1.79. The number of benzene rings is 1. The van der Waals surface area contributed by atoms with Gasteiger partial charge in [-0.05, 0) is 62.8 Å². The molecule has 0 saturated carbocycles. The van der Waals surface area contributed by atoms with Crippen LogP contribution in [-0.4, -0.2) is 53.3 Å². The predicted molar refractivity (Wildman–Crippen MR) is 103 cm³/mol. The molecule has 0 spiro atoms. The maximum absolute atomic E-state index is 12.9. The zero-order chi connectivity index (χ0) is 18.9. The van der Waals surface area contributed by atoms with Gasteiger partial charge in [-0.1, -0.05) is 0 Å². The molecule has 3 saturated heterocycles. The smallest absolute Gasteiger partial charge is 0.246 e. The molecule has 3 fully saturated rings. The van der Waals surface area contributed by atoms with Gasteiger partial charge in [0.05, 0.1) is 11.3 Å². The minimum absolute atomic E-state index is 0.603. The van der Waals surface area contributed by atoms with E-state index in [1.807, 2.05) is 0 Å². The molecule has 0 amide bonds. The molecular formula is C19H28F3N4P. The Hall–Kier alpha value is -0.880. The summed E-state index contributed by atoms with van der Waals surface area (Å²) in [5, 5.41) is 0. The molecule has 0 N–H and O–H groups in total. The molecule has 0 bridgehead atoms. The third-order valence-electron chi connectivity index (χ3n) is 5.83. The molecule has 150 valence electrons. The highest BCUT2D eigenvalue weighted by molar-refractivity contribution is 7.59. The maximum Gasteiger partial charge on any atom is 0.416 e. The quantitative estimate of drug-likeness (QED) is 0.617. The van der Waals surface area contributed by atoms with Crippen LogP contribution in [0.1, 0.15) is 44.1 Å². The Morgan fingerprint density at radius 1 is 0.667 bits per heavy atom. The van der Waals surface area contributed by atoms with Crippen molar-refractivity contribution >= 4 is 13.2 Å². The Kier molecular flexibility index (Phi) is 5.66. The standard InChI is InChI=1S/C19H28F3N4P/c20-19(21,22)17-7-9-18(10-8-17)23-27(24-11-1-2-12-24,25-13-3-4-14-25)26-15-5-6-16-26/h7-10H,1-6,11-16H2. The van der Waals surface area contributed by atoms with E-state index in [0.29, 0.717) is 5.69 Å². The second-order valence-corrected chi connectivity index (χ2v) is 10.6. The van der Waals surface area contributed by atoms with Gasteiger partial charge in [0.25, 0.3) is 0 Å². The van der Waals surface area contributed by atoms with Gasteiger partial charge >= 0.3 is 6.18 Å². The molecule has 1 aromatic carbocycles. The number of nitrogens with zero attached hydrogens (tertiary/aromatic N) is 4. The summed E-state index contributed by atoms with van der Waals surface area (Å²) in [6.45, 7) is 6.28. The Labute approximate surface area is 159 Å². The molecule has 3 aliphatic rings. The fourth-order valence-electron chi connectivity index (χ4n) is 4.50. The largest absolute Gasteiger partial charge is 0.416 e. The fraction of sp³-hybridized carbons (Fsp3) is 0.684. The average Bonchev–Trinajstić information content (AvgIpc) is 3.43. The van der Waals surface area contributed by atoms with Gasteiger partial charge in [0.1, 0.15) is 0 Å². The second-order valence-electron chi connectivity index (χ2n) is 7.66. The third kappa shape index (κ3) is 3.84. The van der Waals surface area contributed by atoms with Crippen molar-refractivity contribution in [3.05, 3.63) is 29.8 Å². The van der Waals surface area contributed by atoms with E-state index in [2.05, 4.69) is 14.0 Å². The van der Waals surface area contributed by atoms with Gasteiger partial charge in [0.15, 0.2) is 7.51 Å². The van der Waals surface area contributed by atoms with Gasteiger partial charge in [-0.25, -0.2) is 18.8 Å². The van der Waals surface area contributed by atoms with Gasteiger partial charge in [-0.15, -0.1) is 0 Å². The number of alkyl halides is 3. The molecule has 1 aromatic rings. The molecule has 0 unspecified atom stereocenters. The molecule has 4 rings (SSSR count). The molecular weight excluding hydrogens is 372 g/mol. The Bertz CT molecular complexity index is 638. The normalized spacial score (nSPS) is 23.4. The lowest BCUT2D eigenvalue weighted by atomic mass is 10.2. The van der Waals surface area contributed by atoms with Gasteiger partial charge in [-0.2, -0.15) is 13.2 Å². The van der Waals surface area contributed by atoms with E-state index in [0.717, 1.165) is 39.3 Å². The van der Waals surface area contributed by atoms with E-state index < -0.39 is 19.2 Å². The van der Waals surface area contributed by atoms with Gasteiger partial charge < -0.3 is 0 Å². The zero-order valence-electron chi connectivity index (χ0n) is 15.7. The molecule has 0 aromatic heterocycles. The van der Waals surface area contributed by atoms with Gasteiger partial charge in [-0.3, -0.25) is 0 Å². The number of halogens is 3. The first-order valence-electron chi connectivity index (χ1n) is 10.1. The summed E-state index contributed by atoms with van der Waals surface area (Å²) < 4.78 is 51.8. The molecule has 27 heavy (non-hydrogen) atoms. The lowest BCUT2D eigenvalue weighted by Gasteiger charge is -2.45. The molecule has 3 aliphatic heterocycles. The minimum atomic E-state index is -4.30. The first-order valence-corrected chi connectivity index (χ1v) is 11.7. The van der Waals surface area contributed by atoms with E-state index in [1.54, 1.807) is 12.1 Å². The van der Waals surface area contributed by atoms with E-state index in [9.17, 15) is 13.2 Å². The predicted octanol–water partition coefficient (Wildman–Crippen LogP) is 5.57. The van der Waals surface area contributed by atoms with Crippen molar-refractivity contribution in [1.82, 2.24) is 14.0 Å². The molecule has 4 nitrogen and oxygen atoms in total. The van der Waals surface area contributed by atoms with Gasteiger partial charge in [0.2, 0.25) is 0 Å². The van der Waals surface area contributed by atoms with Crippen molar-refractivity contribution in [2.75, 3.05) is 39.3 Å². The summed E-state index contributed by atoms with van der Waals surface area (Å²) in [4.78, 5) is 0. The van der Waals surface area contributed by atoms with Crippen LogP contribution in [0, 0.1) is 0 Å². The first-order chi connectivity index (χ1) is 13.0. The van der Waals surface area contributed by atoms with E-state index in [4.69, 9.17) is 4.74 Å². The molecule has 0 atom stereocenters. The third-order valence-corrected chi connectivity index (χ3v) is 9.81. The summed E-state index contributed by atoms with van der Waals surface area (Å²) in [5.74, 6) is 0. The van der Waals surface area contributed by atoms with Crippen molar-refractivity contribution in [2.24, 2.45) is 4.74 Å². The molecule has 3 heterocycles. The van der Waals surface area contributed by atoms with E-state index in [1.165, 1.54) is 50.7 Å². The second kappa shape index (κ2) is 7.86. The van der Waals surface area contributed by atoms with Crippen LogP contribution in [0.3, 0.4) is 0 Å². The maximum atomic E-state index is 12.9. The van der Waals surface area contributed by atoms with Crippen molar-refractivity contribution in [3.63, 3.8) is 0 Å².